The number of hydrogen-bond acceptors (Lipinski definition) is 4. The summed E-state index contributed by atoms with van der Waals surface area (Å²) < 4.78 is 11.3. The third kappa shape index (κ3) is 5.99. The second-order valence-corrected chi connectivity index (χ2v) is 6.72. The third-order valence-corrected chi connectivity index (χ3v) is 4.59. The van der Waals surface area contributed by atoms with Crippen molar-refractivity contribution in [3.8, 4) is 11.5 Å². The van der Waals surface area contributed by atoms with Gasteiger partial charge in [-0.2, -0.15) is 0 Å². The van der Waals surface area contributed by atoms with E-state index < -0.39 is 0 Å². The summed E-state index contributed by atoms with van der Waals surface area (Å²) in [5.41, 5.74) is 3.10. The fourth-order valence-electron chi connectivity index (χ4n) is 2.96. The lowest BCUT2D eigenvalue weighted by molar-refractivity contribution is -0.117. The lowest BCUT2D eigenvalue weighted by Gasteiger charge is -2.21. The zero-order valence-corrected chi connectivity index (χ0v) is 17.5. The van der Waals surface area contributed by atoms with Crippen LogP contribution in [0, 0.1) is 0 Å². The number of carbonyl (C=O) groups excluding carboxylic acids is 1. The van der Waals surface area contributed by atoms with Crippen LogP contribution in [0.25, 0.3) is 0 Å². The van der Waals surface area contributed by atoms with Gasteiger partial charge in [0, 0.05) is 11.7 Å². The summed E-state index contributed by atoms with van der Waals surface area (Å²) in [7, 11) is 0. The van der Waals surface area contributed by atoms with Crippen LogP contribution in [-0.4, -0.2) is 25.2 Å². The second kappa shape index (κ2) is 10.7. The van der Waals surface area contributed by atoms with Crippen LogP contribution in [0.3, 0.4) is 0 Å². The van der Waals surface area contributed by atoms with E-state index in [0.29, 0.717) is 13.2 Å². The first-order chi connectivity index (χ1) is 13.5. The minimum Gasteiger partial charge on any atom is -0.490 e. The van der Waals surface area contributed by atoms with Crippen LogP contribution < -0.4 is 20.1 Å². The second-order valence-electron chi connectivity index (χ2n) is 6.72. The van der Waals surface area contributed by atoms with E-state index in [1.165, 1.54) is 5.56 Å². The van der Waals surface area contributed by atoms with Crippen molar-refractivity contribution >= 4 is 11.6 Å². The van der Waals surface area contributed by atoms with E-state index in [1.807, 2.05) is 70.2 Å². The molecule has 2 atom stereocenters. The summed E-state index contributed by atoms with van der Waals surface area (Å²) in [5.74, 6) is 1.40. The van der Waals surface area contributed by atoms with Gasteiger partial charge < -0.3 is 14.8 Å². The predicted octanol–water partition coefficient (Wildman–Crippen LogP) is 4.72. The molecule has 0 radical (unpaired) electrons. The number of carbonyl (C=O) groups is 1. The van der Waals surface area contributed by atoms with Crippen LogP contribution in [-0.2, 0) is 11.2 Å². The molecule has 2 rings (SSSR count). The highest BCUT2D eigenvalue weighted by atomic mass is 16.5. The van der Waals surface area contributed by atoms with Crippen LogP contribution in [0.15, 0.2) is 42.5 Å². The van der Waals surface area contributed by atoms with Crippen LogP contribution in [0.4, 0.5) is 5.69 Å². The van der Waals surface area contributed by atoms with Gasteiger partial charge in [-0.1, -0.05) is 25.1 Å². The van der Waals surface area contributed by atoms with Crippen molar-refractivity contribution in [1.82, 2.24) is 5.32 Å². The Hall–Kier alpha value is -2.53. The summed E-state index contributed by atoms with van der Waals surface area (Å²) in [6.07, 6.45) is 0.982. The molecule has 0 unspecified atom stereocenters. The van der Waals surface area contributed by atoms with E-state index in [-0.39, 0.29) is 18.0 Å². The lowest BCUT2D eigenvalue weighted by Crippen LogP contribution is -2.39. The van der Waals surface area contributed by atoms with Crippen molar-refractivity contribution in [3.05, 3.63) is 53.6 Å². The van der Waals surface area contributed by atoms with Crippen molar-refractivity contribution in [2.45, 2.75) is 53.1 Å². The highest BCUT2D eigenvalue weighted by molar-refractivity contribution is 5.94. The molecule has 0 spiro atoms. The maximum Gasteiger partial charge on any atom is 0.241 e. The van der Waals surface area contributed by atoms with Gasteiger partial charge >= 0.3 is 0 Å². The molecule has 2 N–H and O–H groups in total. The maximum atomic E-state index is 12.5. The van der Waals surface area contributed by atoms with E-state index in [4.69, 9.17) is 9.47 Å². The number of rotatable bonds is 10. The summed E-state index contributed by atoms with van der Waals surface area (Å²) in [6.45, 7) is 11.1. The molecular formula is C23H32N2O3. The molecule has 0 aliphatic heterocycles. The Kier molecular flexibility index (Phi) is 8.33. The summed E-state index contributed by atoms with van der Waals surface area (Å²) in [4.78, 5) is 12.5. The molecule has 28 heavy (non-hydrogen) atoms. The van der Waals surface area contributed by atoms with Gasteiger partial charge in [-0.3, -0.25) is 10.1 Å². The first-order valence-corrected chi connectivity index (χ1v) is 10.0. The number of benzene rings is 2. The zero-order valence-electron chi connectivity index (χ0n) is 17.5. The van der Waals surface area contributed by atoms with Crippen LogP contribution >= 0.6 is 0 Å². The first kappa shape index (κ1) is 21.8. The number of hydrogen-bond donors (Lipinski definition) is 2. The number of anilines is 1. The average molecular weight is 385 g/mol. The van der Waals surface area contributed by atoms with Gasteiger partial charge in [-0.15, -0.1) is 0 Å². The van der Waals surface area contributed by atoms with Gasteiger partial charge in [0.05, 0.1) is 19.3 Å². The van der Waals surface area contributed by atoms with Crippen molar-refractivity contribution in [2.24, 2.45) is 0 Å². The number of aryl methyl sites for hydroxylation is 1. The molecule has 5 nitrogen and oxygen atoms in total. The van der Waals surface area contributed by atoms with Gasteiger partial charge in [0.2, 0.25) is 5.91 Å². The van der Waals surface area contributed by atoms with Crippen molar-refractivity contribution in [2.75, 3.05) is 18.5 Å². The third-order valence-electron chi connectivity index (χ3n) is 4.59. The normalized spacial score (nSPS) is 12.9. The Morgan fingerprint density at radius 2 is 1.57 bits per heavy atom. The largest absolute Gasteiger partial charge is 0.490 e. The molecule has 0 aliphatic carbocycles. The molecule has 0 aliphatic rings. The van der Waals surface area contributed by atoms with Gasteiger partial charge in [0.25, 0.3) is 0 Å². The summed E-state index contributed by atoms with van der Waals surface area (Å²) in [6, 6.07) is 13.5. The topological polar surface area (TPSA) is 59.6 Å². The van der Waals surface area contributed by atoms with E-state index in [9.17, 15) is 4.79 Å². The number of amides is 1. The van der Waals surface area contributed by atoms with Crippen molar-refractivity contribution in [1.29, 1.82) is 0 Å². The molecule has 0 bridgehead atoms. The van der Waals surface area contributed by atoms with Crippen molar-refractivity contribution < 1.29 is 14.3 Å². The van der Waals surface area contributed by atoms with Crippen LogP contribution in [0.5, 0.6) is 11.5 Å². The summed E-state index contributed by atoms with van der Waals surface area (Å²) >= 11 is 0. The van der Waals surface area contributed by atoms with Crippen LogP contribution in [0.1, 0.15) is 51.8 Å². The first-order valence-electron chi connectivity index (χ1n) is 10.0. The van der Waals surface area contributed by atoms with E-state index in [0.717, 1.165) is 29.2 Å². The van der Waals surface area contributed by atoms with E-state index >= 15 is 0 Å². The monoisotopic (exact) mass is 384 g/mol. The maximum absolute atomic E-state index is 12.5. The quantitative estimate of drug-likeness (QED) is 0.622. The molecular weight excluding hydrogens is 352 g/mol. The highest BCUT2D eigenvalue weighted by Crippen LogP contribution is 2.30. The lowest BCUT2D eigenvalue weighted by atomic mass is 10.1. The molecule has 2 aromatic rings. The van der Waals surface area contributed by atoms with Gasteiger partial charge in [-0.05, 0) is 69.5 Å². The predicted molar refractivity (Wildman–Crippen MR) is 114 cm³/mol. The standard InChI is InChI=1S/C23H32N2O3/c1-6-18-9-12-20(13-10-18)25-23(26)17(5)24-16(4)19-11-14-21(27-7-2)22(15-19)28-8-3/h9-17,24H,6-8H2,1-5H3,(H,25,26)/t16-,17+/m1/s1. The molecule has 0 heterocycles. The van der Waals surface area contributed by atoms with Gasteiger partial charge in [-0.25, -0.2) is 0 Å². The fraction of sp³-hybridized carbons (Fsp3) is 0.435. The number of ether oxygens (including phenoxy) is 2. The van der Waals surface area contributed by atoms with Crippen molar-refractivity contribution in [3.63, 3.8) is 0 Å². The molecule has 0 fully saturated rings. The number of nitrogens with one attached hydrogen (secondary N) is 2. The Labute approximate surface area is 168 Å². The Balaban J connectivity index is 2.00. The molecule has 152 valence electrons. The smallest absolute Gasteiger partial charge is 0.241 e. The molecule has 5 heteroatoms. The Bertz CT molecular complexity index is 759. The molecule has 2 aromatic carbocycles. The minimum absolute atomic E-state index is 0.0156. The van der Waals surface area contributed by atoms with Crippen LogP contribution in [0.2, 0.25) is 0 Å². The molecule has 1 amide bonds. The summed E-state index contributed by atoms with van der Waals surface area (Å²) in [5, 5.41) is 6.31. The van der Waals surface area contributed by atoms with E-state index in [1.54, 1.807) is 0 Å². The zero-order chi connectivity index (χ0) is 20.5. The average Bonchev–Trinajstić information content (AvgIpc) is 2.70. The Morgan fingerprint density at radius 1 is 0.929 bits per heavy atom. The van der Waals surface area contributed by atoms with E-state index in [2.05, 4.69) is 17.6 Å². The molecule has 0 aromatic heterocycles. The Morgan fingerprint density at radius 3 is 2.18 bits per heavy atom. The van der Waals surface area contributed by atoms with Gasteiger partial charge in [0.1, 0.15) is 0 Å². The highest BCUT2D eigenvalue weighted by Gasteiger charge is 2.18. The SMILES string of the molecule is CCOc1ccc([C@@H](C)N[C@@H](C)C(=O)Nc2ccc(CC)cc2)cc1OCC. The minimum atomic E-state index is -0.344. The fourth-order valence-corrected chi connectivity index (χ4v) is 2.96. The molecule has 0 saturated carbocycles. The molecule has 0 saturated heterocycles. The van der Waals surface area contributed by atoms with Gasteiger partial charge in [0.15, 0.2) is 11.5 Å².